The van der Waals surface area contributed by atoms with Crippen LogP contribution in [0.2, 0.25) is 0 Å². The van der Waals surface area contributed by atoms with Gasteiger partial charge < -0.3 is 15.2 Å². The summed E-state index contributed by atoms with van der Waals surface area (Å²) in [6.07, 6.45) is 3.70. The molecule has 0 saturated heterocycles. The van der Waals surface area contributed by atoms with Crippen molar-refractivity contribution in [3.63, 3.8) is 0 Å². The average molecular weight is 512 g/mol. The molecule has 0 atom stereocenters. The smallest absolute Gasteiger partial charge is 0.257 e. The molecule has 2 aromatic heterocycles. The number of guanidine groups is 1. The Morgan fingerprint density at radius 2 is 2.07 bits per heavy atom. The highest BCUT2D eigenvalue weighted by Crippen LogP contribution is 2.19. The number of aromatic nitrogens is 3. The van der Waals surface area contributed by atoms with Gasteiger partial charge in [-0.15, -0.1) is 35.3 Å². The number of hydrogen-bond donors (Lipinski definition) is 2. The van der Waals surface area contributed by atoms with Crippen LogP contribution in [-0.4, -0.2) is 28.1 Å². The molecule has 9 heteroatoms. The van der Waals surface area contributed by atoms with Gasteiger partial charge >= 0.3 is 0 Å². The third-order valence-corrected chi connectivity index (χ3v) is 4.79. The second-order valence-corrected chi connectivity index (χ2v) is 7.43. The van der Waals surface area contributed by atoms with Gasteiger partial charge in [0.05, 0.1) is 6.54 Å². The van der Waals surface area contributed by atoms with E-state index < -0.39 is 0 Å². The third-order valence-electron chi connectivity index (χ3n) is 3.88. The zero-order valence-electron chi connectivity index (χ0n) is 16.2. The summed E-state index contributed by atoms with van der Waals surface area (Å²) >= 11 is 1.68. The van der Waals surface area contributed by atoms with Gasteiger partial charge in [-0.05, 0) is 31.0 Å². The van der Waals surface area contributed by atoms with Crippen molar-refractivity contribution < 1.29 is 4.52 Å². The van der Waals surface area contributed by atoms with Crippen LogP contribution in [-0.2, 0) is 19.5 Å². The van der Waals surface area contributed by atoms with Crippen molar-refractivity contribution in [2.45, 2.75) is 39.8 Å². The molecule has 28 heavy (non-hydrogen) atoms. The van der Waals surface area contributed by atoms with Crippen molar-refractivity contribution in [3.05, 3.63) is 51.7 Å². The molecule has 0 spiro atoms. The zero-order valence-corrected chi connectivity index (χ0v) is 19.4. The van der Waals surface area contributed by atoms with Crippen LogP contribution in [0.15, 0.2) is 40.0 Å². The number of hydrogen-bond acceptors (Lipinski definition) is 6. The topological polar surface area (TPSA) is 88.2 Å². The maximum absolute atomic E-state index is 5.37. The molecular formula is C19H25IN6OS. The maximum Gasteiger partial charge on any atom is 0.257 e. The normalized spacial score (nSPS) is 11.2. The summed E-state index contributed by atoms with van der Waals surface area (Å²) in [4.78, 5) is 14.3. The molecule has 0 amide bonds. The fourth-order valence-corrected chi connectivity index (χ4v) is 3.29. The van der Waals surface area contributed by atoms with Crippen LogP contribution in [0, 0.1) is 6.92 Å². The number of benzene rings is 1. The molecule has 3 aromatic rings. The number of aliphatic imine (C=N–C) groups is 1. The lowest BCUT2D eigenvalue weighted by Gasteiger charge is -2.11. The second kappa shape index (κ2) is 11.1. The summed E-state index contributed by atoms with van der Waals surface area (Å²) < 4.78 is 5.37. The molecule has 3 rings (SSSR count). The first-order valence-corrected chi connectivity index (χ1v) is 9.77. The van der Waals surface area contributed by atoms with E-state index >= 15 is 0 Å². The lowest BCUT2D eigenvalue weighted by Crippen LogP contribution is -2.36. The number of halogens is 1. The van der Waals surface area contributed by atoms with Gasteiger partial charge in [0.1, 0.15) is 5.01 Å². The Morgan fingerprint density at radius 3 is 2.79 bits per heavy atom. The van der Waals surface area contributed by atoms with Crippen molar-refractivity contribution in [1.82, 2.24) is 25.8 Å². The zero-order chi connectivity index (χ0) is 19.1. The number of nitrogens with zero attached hydrogens (tertiary/aromatic N) is 4. The van der Waals surface area contributed by atoms with Crippen molar-refractivity contribution in [2.24, 2.45) is 4.99 Å². The summed E-state index contributed by atoms with van der Waals surface area (Å²) in [5.41, 5.74) is 2.03. The Hall–Kier alpha value is -2.01. The minimum absolute atomic E-state index is 0. The Bertz CT molecular complexity index is 907. The Kier molecular flexibility index (Phi) is 8.84. The number of nitrogens with one attached hydrogen (secondary N) is 2. The van der Waals surface area contributed by atoms with E-state index in [4.69, 9.17) is 4.52 Å². The summed E-state index contributed by atoms with van der Waals surface area (Å²) in [5.74, 6) is 2.04. The molecular weight excluding hydrogens is 487 g/mol. The van der Waals surface area contributed by atoms with E-state index in [-0.39, 0.29) is 24.0 Å². The SMILES string of the molecule is CCCc1noc(-c2cccc(CNC(=NC)NCc3ncc(C)s3)c2)n1.I. The van der Waals surface area contributed by atoms with Gasteiger partial charge in [-0.2, -0.15) is 4.98 Å². The van der Waals surface area contributed by atoms with Crippen LogP contribution in [0.1, 0.15) is 34.6 Å². The van der Waals surface area contributed by atoms with E-state index in [1.165, 1.54) is 4.88 Å². The van der Waals surface area contributed by atoms with Gasteiger partial charge in [-0.3, -0.25) is 4.99 Å². The van der Waals surface area contributed by atoms with E-state index in [1.807, 2.05) is 24.4 Å². The van der Waals surface area contributed by atoms with Crippen LogP contribution in [0.25, 0.3) is 11.5 Å². The van der Waals surface area contributed by atoms with Gasteiger partial charge in [-0.1, -0.05) is 24.2 Å². The van der Waals surface area contributed by atoms with Crippen LogP contribution in [0.5, 0.6) is 0 Å². The van der Waals surface area contributed by atoms with Crippen molar-refractivity contribution >= 4 is 41.3 Å². The number of thiazole rings is 1. The standard InChI is InChI=1S/C19H24N6OS.HI/c1-4-6-16-24-18(26-25-16)15-8-5-7-14(9-15)11-22-19(20-3)23-12-17-21-10-13(2)27-17;/h5,7-10H,4,6,11-12H2,1-3H3,(H2,20,22,23);1H. The van der Waals surface area contributed by atoms with Crippen molar-refractivity contribution in [3.8, 4) is 11.5 Å². The molecule has 150 valence electrons. The number of rotatable bonds is 7. The molecule has 7 nitrogen and oxygen atoms in total. The monoisotopic (exact) mass is 512 g/mol. The van der Waals surface area contributed by atoms with Crippen LogP contribution >= 0.6 is 35.3 Å². The minimum Gasteiger partial charge on any atom is -0.352 e. The molecule has 0 radical (unpaired) electrons. The molecule has 0 unspecified atom stereocenters. The molecule has 0 bridgehead atoms. The molecule has 0 fully saturated rings. The fourth-order valence-electron chi connectivity index (χ4n) is 2.56. The lowest BCUT2D eigenvalue weighted by molar-refractivity contribution is 0.422. The third kappa shape index (κ3) is 6.26. The first-order chi connectivity index (χ1) is 13.2. The molecule has 1 aromatic carbocycles. The first-order valence-electron chi connectivity index (χ1n) is 8.95. The highest BCUT2D eigenvalue weighted by Gasteiger charge is 2.09. The molecule has 0 aliphatic heterocycles. The van der Waals surface area contributed by atoms with Gasteiger partial charge in [-0.25, -0.2) is 4.98 Å². The van der Waals surface area contributed by atoms with Crippen molar-refractivity contribution in [1.29, 1.82) is 0 Å². The van der Waals surface area contributed by atoms with Gasteiger partial charge in [0, 0.05) is 36.7 Å². The number of aryl methyl sites for hydroxylation is 2. The molecule has 0 aliphatic carbocycles. The highest BCUT2D eigenvalue weighted by molar-refractivity contribution is 14.0. The molecule has 2 heterocycles. The fraction of sp³-hybridized carbons (Fsp3) is 0.368. The van der Waals surface area contributed by atoms with Gasteiger partial charge in [0.25, 0.3) is 5.89 Å². The summed E-state index contributed by atoms with van der Waals surface area (Å²) in [6.45, 7) is 5.44. The first kappa shape index (κ1) is 22.3. The maximum atomic E-state index is 5.37. The van der Waals surface area contributed by atoms with Crippen LogP contribution in [0.3, 0.4) is 0 Å². The summed E-state index contributed by atoms with van der Waals surface area (Å²) in [7, 11) is 1.76. The van der Waals surface area contributed by atoms with Crippen LogP contribution < -0.4 is 10.6 Å². The molecule has 0 aliphatic rings. The summed E-state index contributed by atoms with van der Waals surface area (Å²) in [6, 6.07) is 8.07. The second-order valence-electron chi connectivity index (χ2n) is 6.11. The van der Waals surface area contributed by atoms with E-state index in [9.17, 15) is 0 Å². The van der Waals surface area contributed by atoms with E-state index in [0.29, 0.717) is 19.0 Å². The lowest BCUT2D eigenvalue weighted by atomic mass is 10.1. The Labute approximate surface area is 186 Å². The van der Waals surface area contributed by atoms with E-state index in [1.54, 1.807) is 18.4 Å². The predicted molar refractivity (Wildman–Crippen MR) is 123 cm³/mol. The Balaban J connectivity index is 0.00000280. The summed E-state index contributed by atoms with van der Waals surface area (Å²) in [5, 5.41) is 11.7. The highest BCUT2D eigenvalue weighted by atomic mass is 127. The van der Waals surface area contributed by atoms with Gasteiger partial charge in [0.15, 0.2) is 11.8 Å². The molecule has 0 saturated carbocycles. The van der Waals surface area contributed by atoms with Crippen LogP contribution in [0.4, 0.5) is 0 Å². The predicted octanol–water partition coefficient (Wildman–Crippen LogP) is 3.94. The van der Waals surface area contributed by atoms with E-state index in [2.05, 4.69) is 50.7 Å². The average Bonchev–Trinajstić information content (AvgIpc) is 3.31. The molecule has 2 N–H and O–H groups in total. The Morgan fingerprint density at radius 1 is 1.25 bits per heavy atom. The van der Waals surface area contributed by atoms with Gasteiger partial charge in [0.2, 0.25) is 0 Å². The quantitative estimate of drug-likeness (QED) is 0.283. The van der Waals surface area contributed by atoms with E-state index in [0.717, 1.165) is 40.8 Å². The minimum atomic E-state index is 0. The largest absolute Gasteiger partial charge is 0.352 e. The van der Waals surface area contributed by atoms with Crippen molar-refractivity contribution in [2.75, 3.05) is 7.05 Å².